The number of anilines is 1. The molecule has 0 aromatic heterocycles. The Balaban J connectivity index is 1.44. The number of hydrogen-bond acceptors (Lipinski definition) is 5. The van der Waals surface area contributed by atoms with E-state index in [1.165, 1.54) is 0 Å². The summed E-state index contributed by atoms with van der Waals surface area (Å²) in [6.45, 7) is 2.65. The lowest BCUT2D eigenvalue weighted by atomic mass is 9.76. The summed E-state index contributed by atoms with van der Waals surface area (Å²) in [6.07, 6.45) is 5.45. The molecule has 0 radical (unpaired) electrons. The molecule has 3 atom stereocenters. The summed E-state index contributed by atoms with van der Waals surface area (Å²) >= 11 is 3.72. The highest BCUT2D eigenvalue weighted by molar-refractivity contribution is 9.10. The summed E-state index contributed by atoms with van der Waals surface area (Å²) in [5.41, 5.74) is 4.99. The molecule has 5 rings (SSSR count). The van der Waals surface area contributed by atoms with Gasteiger partial charge >= 0.3 is 5.97 Å². The number of methoxy groups -OCH3 is 1. The van der Waals surface area contributed by atoms with E-state index >= 15 is 0 Å². The first-order valence-corrected chi connectivity index (χ1v) is 12.7. The fraction of sp³-hybridized carbons (Fsp3) is 0.276. The van der Waals surface area contributed by atoms with Crippen LogP contribution in [0.1, 0.15) is 52.4 Å². The SMILES string of the molecule is CCOC(=O)c1ccc2c(c1)[C@@H]1C=CC[C@@H]1[C@H](c1cc(Br)c(OCc3ccccc3)c(OC)c1)N2. The molecule has 1 aliphatic carbocycles. The van der Waals surface area contributed by atoms with Crippen molar-refractivity contribution >= 4 is 27.6 Å². The maximum absolute atomic E-state index is 12.3. The van der Waals surface area contributed by atoms with Crippen LogP contribution in [0.25, 0.3) is 0 Å². The van der Waals surface area contributed by atoms with Crippen molar-refractivity contribution in [1.29, 1.82) is 0 Å². The van der Waals surface area contributed by atoms with E-state index in [0.29, 0.717) is 36.2 Å². The molecule has 180 valence electrons. The molecule has 5 nitrogen and oxygen atoms in total. The fourth-order valence-corrected chi connectivity index (χ4v) is 5.63. The Morgan fingerprint density at radius 1 is 1.11 bits per heavy atom. The van der Waals surface area contributed by atoms with Gasteiger partial charge < -0.3 is 19.5 Å². The molecule has 6 heteroatoms. The van der Waals surface area contributed by atoms with Gasteiger partial charge in [0.05, 0.1) is 29.8 Å². The number of nitrogens with one attached hydrogen (secondary N) is 1. The van der Waals surface area contributed by atoms with Crippen molar-refractivity contribution in [3.05, 3.63) is 99.5 Å². The third-order valence-electron chi connectivity index (χ3n) is 6.71. The molecule has 3 aromatic carbocycles. The van der Waals surface area contributed by atoms with Crippen LogP contribution in [0.3, 0.4) is 0 Å². The van der Waals surface area contributed by atoms with Crippen LogP contribution in [0, 0.1) is 5.92 Å². The molecule has 0 fully saturated rings. The van der Waals surface area contributed by atoms with E-state index in [0.717, 1.165) is 33.3 Å². The Morgan fingerprint density at radius 3 is 2.71 bits per heavy atom. The summed E-state index contributed by atoms with van der Waals surface area (Å²) in [4.78, 5) is 12.3. The highest BCUT2D eigenvalue weighted by atomic mass is 79.9. The number of fused-ring (bicyclic) bond motifs is 3. The Hall–Kier alpha value is -3.25. The van der Waals surface area contributed by atoms with Crippen LogP contribution in [0.15, 0.2) is 77.3 Å². The number of carbonyl (C=O) groups is 1. The lowest BCUT2D eigenvalue weighted by molar-refractivity contribution is 0.0526. The lowest BCUT2D eigenvalue weighted by Gasteiger charge is -2.38. The predicted octanol–water partition coefficient (Wildman–Crippen LogP) is 7.04. The monoisotopic (exact) mass is 533 g/mol. The van der Waals surface area contributed by atoms with Crippen LogP contribution in [0.4, 0.5) is 5.69 Å². The van der Waals surface area contributed by atoms with E-state index in [-0.39, 0.29) is 17.9 Å². The van der Waals surface area contributed by atoms with Gasteiger partial charge in [-0.25, -0.2) is 4.79 Å². The molecule has 35 heavy (non-hydrogen) atoms. The van der Waals surface area contributed by atoms with Crippen LogP contribution in [-0.2, 0) is 11.3 Å². The van der Waals surface area contributed by atoms with Crippen LogP contribution in [-0.4, -0.2) is 19.7 Å². The van der Waals surface area contributed by atoms with Gasteiger partial charge in [-0.1, -0.05) is 42.5 Å². The molecule has 1 heterocycles. The molecule has 2 aliphatic rings. The standard InChI is InChI=1S/C29H28BrNO4/c1-3-34-29(32)19-12-13-25-23(14-19)21-10-7-11-22(21)27(31-25)20-15-24(30)28(26(16-20)33-2)35-17-18-8-5-4-6-9-18/h4-10,12-16,21-22,27,31H,3,11,17H2,1-2H3/t21-,22+,27+/m1/s1. The Kier molecular flexibility index (Phi) is 6.82. The summed E-state index contributed by atoms with van der Waals surface area (Å²) in [5, 5.41) is 3.73. The van der Waals surface area contributed by atoms with Gasteiger partial charge in [-0.3, -0.25) is 0 Å². The zero-order valence-electron chi connectivity index (χ0n) is 19.8. The summed E-state index contributed by atoms with van der Waals surface area (Å²) in [5.74, 6) is 1.65. The molecular weight excluding hydrogens is 506 g/mol. The molecule has 1 aliphatic heterocycles. The molecule has 0 bridgehead atoms. The number of benzene rings is 3. The van der Waals surface area contributed by atoms with Crippen LogP contribution >= 0.6 is 15.9 Å². The van der Waals surface area contributed by atoms with Gasteiger partial charge in [-0.15, -0.1) is 0 Å². The topological polar surface area (TPSA) is 56.8 Å². The van der Waals surface area contributed by atoms with Gasteiger partial charge in [0.1, 0.15) is 6.61 Å². The van der Waals surface area contributed by atoms with Crippen molar-refractivity contribution in [1.82, 2.24) is 0 Å². The summed E-state index contributed by atoms with van der Waals surface area (Å²) in [6, 6.07) is 20.1. The van der Waals surface area contributed by atoms with Crippen LogP contribution in [0.5, 0.6) is 11.5 Å². The fourth-order valence-electron chi connectivity index (χ4n) is 5.05. The van der Waals surface area contributed by atoms with Gasteiger partial charge in [0, 0.05) is 11.6 Å². The minimum atomic E-state index is -0.282. The third kappa shape index (κ3) is 4.67. The molecule has 0 saturated carbocycles. The second kappa shape index (κ2) is 10.2. The number of hydrogen-bond donors (Lipinski definition) is 1. The van der Waals surface area contributed by atoms with Crippen molar-refractivity contribution < 1.29 is 19.0 Å². The van der Waals surface area contributed by atoms with Crippen molar-refractivity contribution in [2.45, 2.75) is 31.9 Å². The number of carbonyl (C=O) groups excluding carboxylic acids is 1. The Bertz CT molecular complexity index is 1260. The molecule has 0 amide bonds. The maximum Gasteiger partial charge on any atom is 0.338 e. The molecule has 0 spiro atoms. The van der Waals surface area contributed by atoms with Gasteiger partial charge in [0.15, 0.2) is 11.5 Å². The van der Waals surface area contributed by atoms with Gasteiger partial charge in [0.2, 0.25) is 0 Å². The summed E-state index contributed by atoms with van der Waals surface area (Å²) in [7, 11) is 1.67. The Morgan fingerprint density at radius 2 is 1.94 bits per heavy atom. The average Bonchev–Trinajstić information content (AvgIpc) is 3.38. The quantitative estimate of drug-likeness (QED) is 0.260. The minimum Gasteiger partial charge on any atom is -0.493 e. The zero-order valence-corrected chi connectivity index (χ0v) is 21.4. The number of halogens is 1. The van der Waals surface area contributed by atoms with E-state index in [2.05, 4.69) is 45.5 Å². The van der Waals surface area contributed by atoms with Crippen molar-refractivity contribution in [3.8, 4) is 11.5 Å². The van der Waals surface area contributed by atoms with Crippen LogP contribution in [0.2, 0.25) is 0 Å². The van der Waals surface area contributed by atoms with E-state index in [1.807, 2.05) is 55.5 Å². The molecule has 0 unspecified atom stereocenters. The van der Waals surface area contributed by atoms with E-state index in [1.54, 1.807) is 7.11 Å². The smallest absolute Gasteiger partial charge is 0.338 e. The number of ether oxygens (including phenoxy) is 3. The van der Waals surface area contributed by atoms with Crippen molar-refractivity contribution in [2.24, 2.45) is 5.92 Å². The first kappa shape index (κ1) is 23.5. The second-order valence-corrected chi connectivity index (χ2v) is 9.66. The average molecular weight is 534 g/mol. The largest absolute Gasteiger partial charge is 0.493 e. The second-order valence-electron chi connectivity index (χ2n) is 8.81. The molecule has 0 saturated heterocycles. The Labute approximate surface area is 214 Å². The van der Waals surface area contributed by atoms with E-state index < -0.39 is 0 Å². The number of rotatable bonds is 7. The highest BCUT2D eigenvalue weighted by Gasteiger charge is 2.38. The molecule has 1 N–H and O–H groups in total. The molecule has 3 aromatic rings. The lowest BCUT2D eigenvalue weighted by Crippen LogP contribution is -2.29. The van der Waals surface area contributed by atoms with E-state index in [9.17, 15) is 4.79 Å². The van der Waals surface area contributed by atoms with Gasteiger partial charge in [-0.05, 0) is 82.2 Å². The molecular formula is C29H28BrNO4. The van der Waals surface area contributed by atoms with Gasteiger partial charge in [-0.2, -0.15) is 0 Å². The van der Waals surface area contributed by atoms with Crippen molar-refractivity contribution in [3.63, 3.8) is 0 Å². The zero-order chi connectivity index (χ0) is 24.4. The highest BCUT2D eigenvalue weighted by Crippen LogP contribution is 2.51. The first-order chi connectivity index (χ1) is 17.1. The normalized spacial score (nSPS) is 19.9. The third-order valence-corrected chi connectivity index (χ3v) is 7.30. The number of allylic oxidation sites excluding steroid dienone is 2. The first-order valence-electron chi connectivity index (χ1n) is 11.9. The number of esters is 1. The maximum atomic E-state index is 12.3. The van der Waals surface area contributed by atoms with Gasteiger partial charge in [0.25, 0.3) is 0 Å². The van der Waals surface area contributed by atoms with E-state index in [4.69, 9.17) is 14.2 Å². The summed E-state index contributed by atoms with van der Waals surface area (Å²) < 4.78 is 17.9. The minimum absolute atomic E-state index is 0.0873. The predicted molar refractivity (Wildman–Crippen MR) is 140 cm³/mol. The van der Waals surface area contributed by atoms with Crippen LogP contribution < -0.4 is 14.8 Å². The van der Waals surface area contributed by atoms with Crippen molar-refractivity contribution in [2.75, 3.05) is 19.0 Å².